The highest BCUT2D eigenvalue weighted by Gasteiger charge is 2.13. The maximum atomic E-state index is 4.31. The maximum absolute atomic E-state index is 4.31. The third kappa shape index (κ3) is 6.46. The molecule has 156 valence electrons. The summed E-state index contributed by atoms with van der Waals surface area (Å²) < 4.78 is 1.75. The molecule has 0 atom stereocenters. The molecule has 28 heavy (non-hydrogen) atoms. The van der Waals surface area contributed by atoms with Crippen molar-refractivity contribution in [2.45, 2.75) is 44.9 Å². The minimum Gasteiger partial charge on any atom is -0.368 e. The summed E-state index contributed by atoms with van der Waals surface area (Å²) in [6.45, 7) is 2.47. The lowest BCUT2D eigenvalue weighted by molar-refractivity contribution is 0.472. The van der Waals surface area contributed by atoms with Crippen molar-refractivity contribution in [3.63, 3.8) is 0 Å². The molecule has 0 saturated heterocycles. The molecule has 2 heterocycles. The normalized spacial score (nSPS) is 14.9. The van der Waals surface area contributed by atoms with Crippen LogP contribution in [0.4, 0.5) is 5.82 Å². The number of aromatic nitrogens is 4. The van der Waals surface area contributed by atoms with E-state index in [0.29, 0.717) is 0 Å². The molecule has 9 heteroatoms. The predicted octanol–water partition coefficient (Wildman–Crippen LogP) is 2.92. The summed E-state index contributed by atoms with van der Waals surface area (Å²) in [4.78, 5) is 12.8. The van der Waals surface area contributed by atoms with Crippen molar-refractivity contribution in [2.24, 2.45) is 18.0 Å². The Hall–Kier alpha value is -1.65. The van der Waals surface area contributed by atoms with Crippen LogP contribution in [0.3, 0.4) is 0 Å². The predicted molar refractivity (Wildman–Crippen MR) is 125 cm³/mol. The summed E-state index contributed by atoms with van der Waals surface area (Å²) in [7, 11) is 3.69. The summed E-state index contributed by atoms with van der Waals surface area (Å²) in [5.41, 5.74) is 0.829. The van der Waals surface area contributed by atoms with E-state index in [4.69, 9.17) is 0 Å². The Labute approximate surface area is 184 Å². The number of aliphatic imine (C=N–C) groups is 1. The number of nitrogens with one attached hydrogen (secondary N) is 3. The molecular weight excluding hydrogens is 467 g/mol. The zero-order chi connectivity index (χ0) is 18.9. The van der Waals surface area contributed by atoms with E-state index in [1.54, 1.807) is 17.2 Å². The van der Waals surface area contributed by atoms with Crippen molar-refractivity contribution in [2.75, 3.05) is 32.0 Å². The highest BCUT2D eigenvalue weighted by Crippen LogP contribution is 2.28. The molecule has 2 aromatic rings. The van der Waals surface area contributed by atoms with Gasteiger partial charge in [0.05, 0.1) is 11.6 Å². The van der Waals surface area contributed by atoms with E-state index >= 15 is 0 Å². The molecule has 0 unspecified atom stereocenters. The van der Waals surface area contributed by atoms with E-state index < -0.39 is 0 Å². The van der Waals surface area contributed by atoms with Crippen LogP contribution in [0.25, 0.3) is 11.0 Å². The van der Waals surface area contributed by atoms with Crippen LogP contribution in [0, 0.1) is 5.92 Å². The fourth-order valence-electron chi connectivity index (χ4n) is 3.75. The van der Waals surface area contributed by atoms with Gasteiger partial charge >= 0.3 is 0 Å². The lowest BCUT2D eigenvalue weighted by atomic mass is 10.0. The highest BCUT2D eigenvalue weighted by atomic mass is 127. The third-order valence-corrected chi connectivity index (χ3v) is 5.27. The topological polar surface area (TPSA) is 92.1 Å². The minimum absolute atomic E-state index is 0. The van der Waals surface area contributed by atoms with E-state index in [1.807, 2.05) is 14.1 Å². The lowest BCUT2D eigenvalue weighted by Crippen LogP contribution is -2.40. The Kier molecular flexibility index (Phi) is 9.72. The van der Waals surface area contributed by atoms with Gasteiger partial charge in [-0.05, 0) is 12.3 Å². The number of hydrogen-bond donors (Lipinski definition) is 3. The second-order valence-corrected chi connectivity index (χ2v) is 7.23. The highest BCUT2D eigenvalue weighted by molar-refractivity contribution is 14.0. The number of rotatable bonds is 9. The Bertz CT molecular complexity index is 739. The number of aryl methyl sites for hydroxylation is 1. The monoisotopic (exact) mass is 500 g/mol. The molecule has 1 saturated carbocycles. The molecule has 8 nitrogen and oxygen atoms in total. The van der Waals surface area contributed by atoms with Gasteiger partial charge < -0.3 is 16.0 Å². The van der Waals surface area contributed by atoms with Gasteiger partial charge in [0.1, 0.15) is 12.1 Å². The largest absolute Gasteiger partial charge is 0.368 e. The number of guanidine groups is 1. The van der Waals surface area contributed by atoms with Gasteiger partial charge in [-0.1, -0.05) is 38.5 Å². The molecule has 1 fully saturated rings. The molecule has 1 aliphatic carbocycles. The first-order chi connectivity index (χ1) is 13.3. The fourth-order valence-corrected chi connectivity index (χ4v) is 3.75. The van der Waals surface area contributed by atoms with Crippen molar-refractivity contribution >= 4 is 46.8 Å². The van der Waals surface area contributed by atoms with Crippen molar-refractivity contribution in [1.29, 1.82) is 0 Å². The van der Waals surface area contributed by atoms with Gasteiger partial charge in [0.15, 0.2) is 11.6 Å². The first kappa shape index (κ1) is 22.6. The standard InChI is InChI=1S/C19H32N8.HI/c1-20-19(22-10-6-5-9-15-7-3-4-8-15)23-12-11-21-17-16-13-26-27(2)18(16)25-14-24-17;/h13-15H,3-12H2,1-2H3,(H2,20,22,23)(H,21,24,25);1H. The van der Waals surface area contributed by atoms with Gasteiger partial charge in [-0.25, -0.2) is 9.97 Å². The first-order valence-corrected chi connectivity index (χ1v) is 10.1. The molecule has 2 aromatic heterocycles. The van der Waals surface area contributed by atoms with E-state index in [-0.39, 0.29) is 24.0 Å². The number of hydrogen-bond acceptors (Lipinski definition) is 5. The van der Waals surface area contributed by atoms with Gasteiger partial charge in [0.2, 0.25) is 0 Å². The quantitative estimate of drug-likeness (QED) is 0.212. The number of nitrogens with zero attached hydrogens (tertiary/aromatic N) is 5. The van der Waals surface area contributed by atoms with Crippen LogP contribution < -0.4 is 16.0 Å². The van der Waals surface area contributed by atoms with E-state index in [9.17, 15) is 0 Å². The molecule has 0 spiro atoms. The summed E-state index contributed by atoms with van der Waals surface area (Å²) in [5, 5.41) is 15.2. The van der Waals surface area contributed by atoms with Crippen molar-refractivity contribution in [3.05, 3.63) is 12.5 Å². The zero-order valence-corrected chi connectivity index (χ0v) is 19.3. The molecular formula is C19H33IN8. The van der Waals surface area contributed by atoms with Crippen molar-refractivity contribution in [1.82, 2.24) is 30.4 Å². The average Bonchev–Trinajstić information content (AvgIpc) is 3.34. The van der Waals surface area contributed by atoms with Crippen LogP contribution >= 0.6 is 24.0 Å². The summed E-state index contributed by atoms with van der Waals surface area (Å²) in [6.07, 6.45) is 13.0. The first-order valence-electron chi connectivity index (χ1n) is 10.1. The van der Waals surface area contributed by atoms with Gasteiger partial charge in [-0.15, -0.1) is 24.0 Å². The average molecular weight is 500 g/mol. The summed E-state index contributed by atoms with van der Waals surface area (Å²) >= 11 is 0. The lowest BCUT2D eigenvalue weighted by Gasteiger charge is -2.13. The Morgan fingerprint density at radius 2 is 1.93 bits per heavy atom. The molecule has 0 aromatic carbocycles. The molecule has 3 N–H and O–H groups in total. The SMILES string of the molecule is CN=C(NCCCCC1CCCC1)NCCNc1ncnc2c1cnn2C.I. The molecule has 0 amide bonds. The number of halogens is 1. The number of fused-ring (bicyclic) bond motifs is 1. The van der Waals surface area contributed by atoms with Crippen LogP contribution in [-0.4, -0.2) is 52.4 Å². The van der Waals surface area contributed by atoms with E-state index in [1.165, 1.54) is 44.9 Å². The fraction of sp³-hybridized carbons (Fsp3) is 0.684. The van der Waals surface area contributed by atoms with E-state index in [0.717, 1.165) is 48.4 Å². The second kappa shape index (κ2) is 12.0. The Morgan fingerprint density at radius 3 is 2.71 bits per heavy atom. The smallest absolute Gasteiger partial charge is 0.191 e. The van der Waals surface area contributed by atoms with E-state index in [2.05, 4.69) is 36.0 Å². The van der Waals surface area contributed by atoms with Crippen LogP contribution in [0.2, 0.25) is 0 Å². The summed E-state index contributed by atoms with van der Waals surface area (Å²) in [6, 6.07) is 0. The van der Waals surface area contributed by atoms with Crippen LogP contribution in [-0.2, 0) is 7.05 Å². The minimum atomic E-state index is 0. The molecule has 3 rings (SSSR count). The number of anilines is 1. The zero-order valence-electron chi connectivity index (χ0n) is 16.9. The molecule has 0 radical (unpaired) electrons. The molecule has 1 aliphatic rings. The second-order valence-electron chi connectivity index (χ2n) is 7.23. The summed E-state index contributed by atoms with van der Waals surface area (Å²) in [5.74, 6) is 2.65. The van der Waals surface area contributed by atoms with Gasteiger partial charge in [0, 0.05) is 33.7 Å². The van der Waals surface area contributed by atoms with Gasteiger partial charge in [0.25, 0.3) is 0 Å². The Morgan fingerprint density at radius 1 is 1.14 bits per heavy atom. The van der Waals surface area contributed by atoms with Crippen LogP contribution in [0.15, 0.2) is 17.5 Å². The van der Waals surface area contributed by atoms with Gasteiger partial charge in [-0.2, -0.15) is 5.10 Å². The Balaban J connectivity index is 0.00000280. The van der Waals surface area contributed by atoms with Gasteiger partial charge in [-0.3, -0.25) is 9.67 Å². The molecule has 0 bridgehead atoms. The van der Waals surface area contributed by atoms with Crippen molar-refractivity contribution in [3.8, 4) is 0 Å². The van der Waals surface area contributed by atoms with Crippen molar-refractivity contribution < 1.29 is 0 Å². The van der Waals surface area contributed by atoms with Crippen LogP contribution in [0.5, 0.6) is 0 Å². The molecule has 0 aliphatic heterocycles. The maximum Gasteiger partial charge on any atom is 0.191 e. The number of unbranched alkanes of at least 4 members (excludes halogenated alkanes) is 1. The third-order valence-electron chi connectivity index (χ3n) is 5.27. The van der Waals surface area contributed by atoms with Crippen LogP contribution in [0.1, 0.15) is 44.9 Å².